The molecule has 5 rings (SSSR count). The molecule has 1 saturated heterocycles. The Bertz CT molecular complexity index is 1570. The Morgan fingerprint density at radius 2 is 1.88 bits per heavy atom. The number of hydrogen-bond donors (Lipinski definition) is 0. The molecule has 0 saturated carbocycles. The molecule has 1 fully saturated rings. The van der Waals surface area contributed by atoms with Crippen molar-refractivity contribution in [1.29, 1.82) is 5.26 Å². The highest BCUT2D eigenvalue weighted by Crippen LogP contribution is 2.39. The molecule has 4 heterocycles. The summed E-state index contributed by atoms with van der Waals surface area (Å²) < 4.78 is 20.9. The Morgan fingerprint density at radius 1 is 1.18 bits per heavy atom. The third kappa shape index (κ3) is 5.45. The van der Waals surface area contributed by atoms with Gasteiger partial charge in [-0.2, -0.15) is 10.4 Å². The van der Waals surface area contributed by atoms with E-state index in [2.05, 4.69) is 24.0 Å². The van der Waals surface area contributed by atoms with E-state index in [-0.39, 0.29) is 11.9 Å². The summed E-state index contributed by atoms with van der Waals surface area (Å²) in [6, 6.07) is 12.4. The number of hydrogen-bond acceptors (Lipinski definition) is 8. The molecule has 0 bridgehead atoms. The highest BCUT2D eigenvalue weighted by atomic mass is 32.1. The molecule has 0 atom stereocenters. The molecule has 0 N–H and O–H groups in total. The molecule has 4 aromatic rings. The van der Waals surface area contributed by atoms with Gasteiger partial charge in [0.05, 0.1) is 16.9 Å². The van der Waals surface area contributed by atoms with Crippen LogP contribution in [0.4, 0.5) is 25.7 Å². The third-order valence-electron chi connectivity index (χ3n) is 6.75. The van der Waals surface area contributed by atoms with Crippen molar-refractivity contribution in [3.63, 3.8) is 0 Å². The van der Waals surface area contributed by atoms with Gasteiger partial charge in [0, 0.05) is 50.7 Å². The fourth-order valence-corrected chi connectivity index (χ4v) is 5.63. The number of anilines is 3. The molecule has 40 heavy (non-hydrogen) atoms. The topological polar surface area (TPSA) is 90.0 Å². The number of piperazine rings is 1. The summed E-state index contributed by atoms with van der Waals surface area (Å²) in [7, 11) is 1.93. The second-order valence-electron chi connectivity index (χ2n) is 10.7. The molecule has 3 aromatic heterocycles. The number of rotatable bonds is 5. The second-order valence-corrected chi connectivity index (χ2v) is 11.6. The zero-order valence-electron chi connectivity index (χ0n) is 23.3. The highest BCUT2D eigenvalue weighted by Gasteiger charge is 2.27. The first-order valence-corrected chi connectivity index (χ1v) is 14.0. The van der Waals surface area contributed by atoms with Crippen LogP contribution in [-0.4, -0.2) is 64.4 Å². The number of ether oxygens (including phenoxy) is 1. The van der Waals surface area contributed by atoms with Crippen LogP contribution in [0.15, 0.2) is 42.6 Å². The molecule has 0 spiro atoms. The van der Waals surface area contributed by atoms with Crippen molar-refractivity contribution >= 4 is 39.5 Å². The van der Waals surface area contributed by atoms with E-state index in [0.717, 1.165) is 22.6 Å². The minimum atomic E-state index is -0.522. The number of halogens is 1. The zero-order valence-corrected chi connectivity index (χ0v) is 24.1. The lowest BCUT2D eigenvalue weighted by molar-refractivity contribution is 0.0240. The predicted molar refractivity (Wildman–Crippen MR) is 155 cm³/mol. The number of carbonyl (C=O) groups excluding carboxylic acids is 1. The van der Waals surface area contributed by atoms with Gasteiger partial charge in [-0.1, -0.05) is 18.3 Å². The van der Waals surface area contributed by atoms with Gasteiger partial charge in [0.15, 0.2) is 5.13 Å². The molecule has 0 aliphatic carbocycles. The van der Waals surface area contributed by atoms with Crippen LogP contribution >= 0.6 is 11.3 Å². The van der Waals surface area contributed by atoms with Crippen molar-refractivity contribution in [2.75, 3.05) is 43.0 Å². The maximum atomic E-state index is 13.5. The predicted octanol–water partition coefficient (Wildman–Crippen LogP) is 5.86. The van der Waals surface area contributed by atoms with E-state index in [9.17, 15) is 14.4 Å². The average molecular weight is 562 g/mol. The van der Waals surface area contributed by atoms with E-state index in [1.165, 1.54) is 23.5 Å². The van der Waals surface area contributed by atoms with Crippen LogP contribution in [0, 0.1) is 17.1 Å². The monoisotopic (exact) mass is 561 g/mol. The highest BCUT2D eigenvalue weighted by molar-refractivity contribution is 7.16. The first kappa shape index (κ1) is 27.4. The number of pyridine rings is 1. The summed E-state index contributed by atoms with van der Waals surface area (Å²) in [6.45, 7) is 10.2. The normalized spacial score (nSPS) is 13.9. The molecule has 0 radical (unpaired) electrons. The lowest BCUT2D eigenvalue weighted by Crippen LogP contribution is -2.50. The molecule has 1 amide bonds. The first-order chi connectivity index (χ1) is 19.1. The van der Waals surface area contributed by atoms with Crippen LogP contribution in [0.25, 0.3) is 16.8 Å². The van der Waals surface area contributed by atoms with E-state index >= 15 is 0 Å². The van der Waals surface area contributed by atoms with Gasteiger partial charge >= 0.3 is 6.09 Å². The summed E-state index contributed by atoms with van der Waals surface area (Å²) >= 11 is 1.29. The summed E-state index contributed by atoms with van der Waals surface area (Å²) in [4.78, 5) is 23.7. The lowest BCUT2D eigenvalue weighted by atomic mass is 10.1. The van der Waals surface area contributed by atoms with E-state index < -0.39 is 5.60 Å². The van der Waals surface area contributed by atoms with Gasteiger partial charge in [-0.05, 0) is 63.6 Å². The van der Waals surface area contributed by atoms with Gasteiger partial charge in [0.25, 0.3) is 0 Å². The molecule has 11 heteroatoms. The van der Waals surface area contributed by atoms with Crippen LogP contribution in [0.5, 0.6) is 0 Å². The Labute approximate surface area is 237 Å². The summed E-state index contributed by atoms with van der Waals surface area (Å²) in [5.74, 6) is -0.337. The number of thiazole rings is 1. The number of fused-ring (bicyclic) bond motifs is 1. The molecule has 1 aromatic carbocycles. The summed E-state index contributed by atoms with van der Waals surface area (Å²) in [6.07, 6.45) is 2.38. The molecular weight excluding hydrogens is 529 g/mol. The van der Waals surface area contributed by atoms with Gasteiger partial charge in [0.2, 0.25) is 0 Å². The summed E-state index contributed by atoms with van der Waals surface area (Å²) in [5.41, 5.74) is 4.49. The van der Waals surface area contributed by atoms with Crippen molar-refractivity contribution in [2.24, 2.45) is 0 Å². The molecule has 9 nitrogen and oxygen atoms in total. The second kappa shape index (κ2) is 10.8. The van der Waals surface area contributed by atoms with Gasteiger partial charge in [0.1, 0.15) is 28.1 Å². The SMILES string of the molecule is CCc1nn2ccc(N3CCN(C(=O)OC(C)(C)C)CC3)cc2c1N(C)c1nc(-c2ccc(F)cc2)c(C#N)s1. The number of nitrogens with zero attached hydrogens (tertiary/aromatic N) is 7. The maximum Gasteiger partial charge on any atom is 0.410 e. The Kier molecular flexibility index (Phi) is 7.38. The average Bonchev–Trinajstić information content (AvgIpc) is 3.53. The standard InChI is InChI=1S/C29H32FN7O2S/c1-6-22-26(34(5)27-32-25(24(18-31)40-27)19-7-9-20(30)10-8-19)23-17-21(11-12-37(23)33-22)35-13-15-36(16-14-35)28(38)39-29(2,3)4/h7-12,17H,6,13-16H2,1-5H3. The van der Waals surface area contributed by atoms with Crippen LogP contribution in [0.3, 0.4) is 0 Å². The van der Waals surface area contributed by atoms with Crippen molar-refractivity contribution in [1.82, 2.24) is 19.5 Å². The molecular formula is C29H32FN7O2S. The van der Waals surface area contributed by atoms with Crippen molar-refractivity contribution in [3.05, 3.63) is 59.0 Å². The molecule has 208 valence electrons. The Morgan fingerprint density at radius 3 is 2.50 bits per heavy atom. The third-order valence-corrected chi connectivity index (χ3v) is 7.79. The van der Waals surface area contributed by atoms with Crippen LogP contribution in [0.2, 0.25) is 0 Å². The number of carbonyl (C=O) groups is 1. The fourth-order valence-electron chi connectivity index (χ4n) is 4.77. The largest absolute Gasteiger partial charge is 0.444 e. The van der Waals surface area contributed by atoms with Crippen molar-refractivity contribution in [3.8, 4) is 17.3 Å². The molecule has 0 unspecified atom stereocenters. The van der Waals surface area contributed by atoms with E-state index in [0.29, 0.717) is 53.9 Å². The smallest absolute Gasteiger partial charge is 0.410 e. The Hall–Kier alpha value is -4.17. The van der Waals surface area contributed by atoms with Crippen LogP contribution < -0.4 is 9.80 Å². The van der Waals surface area contributed by atoms with Gasteiger partial charge in [-0.25, -0.2) is 18.7 Å². The van der Waals surface area contributed by atoms with E-state index in [4.69, 9.17) is 14.8 Å². The first-order valence-electron chi connectivity index (χ1n) is 13.2. The minimum absolute atomic E-state index is 0.282. The van der Waals surface area contributed by atoms with Crippen LogP contribution in [-0.2, 0) is 11.2 Å². The zero-order chi connectivity index (χ0) is 28.6. The number of aromatic nitrogens is 3. The van der Waals surface area contributed by atoms with Gasteiger partial charge < -0.3 is 19.4 Å². The van der Waals surface area contributed by atoms with Crippen LogP contribution in [0.1, 0.15) is 38.3 Å². The summed E-state index contributed by atoms with van der Waals surface area (Å²) in [5, 5.41) is 15.3. The number of benzene rings is 1. The van der Waals surface area contributed by atoms with Crippen molar-refractivity contribution in [2.45, 2.75) is 39.7 Å². The van der Waals surface area contributed by atoms with E-state index in [1.807, 2.05) is 49.5 Å². The van der Waals surface area contributed by atoms with E-state index in [1.54, 1.807) is 17.0 Å². The minimum Gasteiger partial charge on any atom is -0.444 e. The molecule has 1 aliphatic heterocycles. The number of aryl methyl sites for hydroxylation is 1. The van der Waals surface area contributed by atoms with Gasteiger partial charge in [-0.3, -0.25) is 0 Å². The molecule has 1 aliphatic rings. The lowest BCUT2D eigenvalue weighted by Gasteiger charge is -2.36. The number of nitriles is 1. The maximum absolute atomic E-state index is 13.5. The Balaban J connectivity index is 1.43. The fraction of sp³-hybridized carbons (Fsp3) is 0.379. The quantitative estimate of drug-likeness (QED) is 0.302. The van der Waals surface area contributed by atoms with Gasteiger partial charge in [-0.15, -0.1) is 0 Å². The number of amides is 1. The van der Waals surface area contributed by atoms with Crippen molar-refractivity contribution < 1.29 is 13.9 Å².